The van der Waals surface area contributed by atoms with Crippen molar-refractivity contribution >= 4 is 27.4 Å². The van der Waals surface area contributed by atoms with E-state index in [9.17, 15) is 9.50 Å². The van der Waals surface area contributed by atoms with E-state index in [0.29, 0.717) is 57.5 Å². The monoisotopic (exact) mass is 569 g/mol. The fourth-order valence-electron chi connectivity index (χ4n) is 7.03. The van der Waals surface area contributed by atoms with Gasteiger partial charge in [-0.15, -0.1) is 6.42 Å². The number of aromatic hydroxyl groups is 1. The molecule has 3 fully saturated rings. The van der Waals surface area contributed by atoms with Gasteiger partial charge in [0.1, 0.15) is 29.7 Å². The third-order valence-corrected chi connectivity index (χ3v) is 9.21. The van der Waals surface area contributed by atoms with E-state index in [1.165, 1.54) is 24.3 Å². The first kappa shape index (κ1) is 26.9. The van der Waals surface area contributed by atoms with E-state index in [0.717, 1.165) is 45.3 Å². The summed E-state index contributed by atoms with van der Waals surface area (Å²) in [5, 5.41) is 15.9. The Kier molecular flexibility index (Phi) is 6.63. The van der Waals surface area contributed by atoms with Gasteiger partial charge in [-0.2, -0.15) is 4.98 Å². The van der Waals surface area contributed by atoms with Crippen molar-refractivity contribution in [2.24, 2.45) is 0 Å². The van der Waals surface area contributed by atoms with Crippen molar-refractivity contribution in [3.63, 3.8) is 0 Å². The van der Waals surface area contributed by atoms with Crippen LogP contribution in [0.4, 0.5) is 14.6 Å². The van der Waals surface area contributed by atoms with E-state index in [4.69, 9.17) is 16.1 Å². The van der Waals surface area contributed by atoms with Crippen LogP contribution in [-0.4, -0.2) is 71.4 Å². The number of likely N-dealkylation sites (tertiary alicyclic amines) is 1. The first-order valence-electron chi connectivity index (χ1n) is 14.6. The zero-order valence-electron chi connectivity index (χ0n) is 23.8. The van der Waals surface area contributed by atoms with Crippen LogP contribution in [-0.2, 0) is 0 Å². The van der Waals surface area contributed by atoms with Crippen molar-refractivity contribution < 1.29 is 18.6 Å². The summed E-state index contributed by atoms with van der Waals surface area (Å²) in [7, 11) is 2.09. The smallest absolute Gasteiger partial charge is 0.219 e. The highest BCUT2D eigenvalue weighted by Crippen LogP contribution is 2.41. The minimum absolute atomic E-state index is 0.00284. The van der Waals surface area contributed by atoms with Crippen LogP contribution in [0.25, 0.3) is 32.8 Å². The molecule has 2 N–H and O–H groups in total. The molecule has 2 aromatic heterocycles. The second kappa shape index (κ2) is 10.4. The summed E-state index contributed by atoms with van der Waals surface area (Å²) in [6, 6.07) is 6.62. The lowest BCUT2D eigenvalue weighted by molar-refractivity contribution is 0.192. The average Bonchev–Trinajstić information content (AvgIpc) is 3.55. The average molecular weight is 570 g/mol. The number of nitrogens with zero attached hydrogens (tertiary/aromatic N) is 4. The summed E-state index contributed by atoms with van der Waals surface area (Å²) in [5.74, 6) is 2.17. The Labute approximate surface area is 243 Å². The molecule has 7 rings (SSSR count). The molecule has 3 unspecified atom stereocenters. The fraction of sp³-hybridized carbons (Fsp3) is 0.394. The summed E-state index contributed by atoms with van der Waals surface area (Å²) < 4.78 is 38.0. The molecule has 0 amide bonds. The Hall–Kier alpha value is -4.00. The Morgan fingerprint density at radius 2 is 1.93 bits per heavy atom. The number of phenols is 1. The number of phenolic OH excluding ortho intramolecular Hbond substituents is 1. The third kappa shape index (κ3) is 4.41. The number of benzene rings is 2. The molecule has 42 heavy (non-hydrogen) atoms. The van der Waals surface area contributed by atoms with Crippen LogP contribution in [0.3, 0.4) is 0 Å². The number of aromatic nitrogens is 2. The normalized spacial score (nSPS) is 22.3. The Bertz CT molecular complexity index is 1760. The number of aryl methyl sites for hydroxylation is 1. The summed E-state index contributed by atoms with van der Waals surface area (Å²) >= 11 is 0. The number of terminal acetylenes is 1. The number of piperazine rings is 1. The Balaban J connectivity index is 1.43. The maximum absolute atomic E-state index is 16.9. The van der Waals surface area contributed by atoms with Gasteiger partial charge in [0.15, 0.2) is 5.82 Å². The molecule has 2 aromatic carbocycles. The minimum atomic E-state index is -0.596. The zero-order chi connectivity index (χ0) is 29.1. The third-order valence-electron chi connectivity index (χ3n) is 9.21. The molecule has 9 heteroatoms. The summed E-state index contributed by atoms with van der Waals surface area (Å²) in [4.78, 5) is 14.0. The van der Waals surface area contributed by atoms with Crippen LogP contribution in [0, 0.1) is 30.9 Å². The second-order valence-electron chi connectivity index (χ2n) is 11.9. The van der Waals surface area contributed by atoms with Gasteiger partial charge in [0.05, 0.1) is 5.56 Å². The maximum Gasteiger partial charge on any atom is 0.219 e. The lowest BCUT2D eigenvalue weighted by Gasteiger charge is -2.34. The molecule has 3 aliphatic rings. The predicted molar refractivity (Wildman–Crippen MR) is 160 cm³/mol. The van der Waals surface area contributed by atoms with Crippen LogP contribution in [0.15, 0.2) is 30.5 Å². The largest absolute Gasteiger partial charge is 0.508 e. The quantitative estimate of drug-likeness (QED) is 0.323. The molecule has 0 saturated carbocycles. The molecular weight excluding hydrogens is 536 g/mol. The summed E-state index contributed by atoms with van der Waals surface area (Å²) in [6.45, 7) is 4.82. The van der Waals surface area contributed by atoms with E-state index < -0.39 is 11.6 Å². The van der Waals surface area contributed by atoms with E-state index in [1.807, 2.05) is 6.92 Å². The molecule has 0 spiro atoms. The number of ether oxygens (including phenoxy) is 1. The summed E-state index contributed by atoms with van der Waals surface area (Å²) in [5.41, 5.74) is 0.774. The van der Waals surface area contributed by atoms with Crippen LogP contribution in [0.5, 0.6) is 11.6 Å². The van der Waals surface area contributed by atoms with E-state index in [-0.39, 0.29) is 28.6 Å². The molecule has 3 atom stereocenters. The van der Waals surface area contributed by atoms with Gasteiger partial charge in [-0.1, -0.05) is 12.0 Å². The highest BCUT2D eigenvalue weighted by atomic mass is 19.1. The number of pyridine rings is 2. The van der Waals surface area contributed by atoms with Crippen LogP contribution in [0.1, 0.15) is 36.8 Å². The molecule has 2 bridgehead atoms. The van der Waals surface area contributed by atoms with Crippen molar-refractivity contribution in [1.82, 2.24) is 20.2 Å². The number of halogens is 2. The van der Waals surface area contributed by atoms with Gasteiger partial charge in [-0.05, 0) is 69.8 Å². The van der Waals surface area contributed by atoms with Crippen LogP contribution < -0.4 is 15.0 Å². The highest BCUT2D eigenvalue weighted by molar-refractivity contribution is 6.04. The van der Waals surface area contributed by atoms with E-state index in [2.05, 4.69) is 33.1 Å². The van der Waals surface area contributed by atoms with Crippen molar-refractivity contribution in [3.8, 4) is 35.2 Å². The maximum atomic E-state index is 16.9. The van der Waals surface area contributed by atoms with Crippen LogP contribution >= 0.6 is 0 Å². The van der Waals surface area contributed by atoms with Gasteiger partial charge in [0.2, 0.25) is 5.88 Å². The van der Waals surface area contributed by atoms with Crippen molar-refractivity contribution in [2.45, 2.75) is 50.7 Å². The SMILES string of the molecule is C#Cc1c(F)ccc2cc(O)cc(-c3ncc4c(N5CC6CCC(C5)N6)nc(OCC5CCCN5C)c(C)c4c3F)c12. The first-order chi connectivity index (χ1) is 20.3. The van der Waals surface area contributed by atoms with Gasteiger partial charge < -0.3 is 25.0 Å². The lowest BCUT2D eigenvalue weighted by Crippen LogP contribution is -2.51. The molecule has 216 valence electrons. The summed E-state index contributed by atoms with van der Waals surface area (Å²) in [6.07, 6.45) is 11.7. The second-order valence-corrected chi connectivity index (χ2v) is 11.9. The van der Waals surface area contributed by atoms with Crippen molar-refractivity contribution in [3.05, 3.63) is 53.2 Å². The van der Waals surface area contributed by atoms with Crippen molar-refractivity contribution in [1.29, 1.82) is 0 Å². The standard InChI is InChI=1S/C33H33F2N5O2/c1-4-24-27(34)10-7-19-12-23(41)13-25(29(19)24)31-30(35)28-18(2)33(42-17-22-6-5-11-39(22)3)38-32(26(28)14-36-31)40-15-20-8-9-21(16-40)37-20/h1,7,10,12-14,20-22,37,41H,5-6,8-9,11,15-17H2,2-3H3. The zero-order valence-corrected chi connectivity index (χ0v) is 23.8. The first-order valence-corrected chi connectivity index (χ1v) is 14.6. The number of likely N-dealkylation sites (N-methyl/N-ethyl adjacent to an activating group) is 1. The van der Waals surface area contributed by atoms with Crippen molar-refractivity contribution in [2.75, 3.05) is 38.2 Å². The molecule has 3 saturated heterocycles. The van der Waals surface area contributed by atoms with Gasteiger partial charge in [-0.25, -0.2) is 8.78 Å². The lowest BCUT2D eigenvalue weighted by atomic mass is 9.95. The van der Waals surface area contributed by atoms with Crippen LogP contribution in [0.2, 0.25) is 0 Å². The molecule has 4 aromatic rings. The number of anilines is 1. The topological polar surface area (TPSA) is 73.8 Å². The molecule has 0 aliphatic carbocycles. The molecule has 0 radical (unpaired) electrons. The van der Waals surface area contributed by atoms with E-state index >= 15 is 4.39 Å². The highest BCUT2D eigenvalue weighted by Gasteiger charge is 2.34. The molecular formula is C33H33F2N5O2. The van der Waals surface area contributed by atoms with Gasteiger partial charge in [0.25, 0.3) is 0 Å². The molecule has 3 aliphatic heterocycles. The van der Waals surface area contributed by atoms with E-state index in [1.54, 1.807) is 6.20 Å². The van der Waals surface area contributed by atoms with Gasteiger partial charge in [-0.3, -0.25) is 4.98 Å². The molecule has 7 nitrogen and oxygen atoms in total. The minimum Gasteiger partial charge on any atom is -0.508 e. The number of fused-ring (bicyclic) bond motifs is 4. The fourth-order valence-corrected chi connectivity index (χ4v) is 7.03. The Morgan fingerprint density at radius 3 is 2.64 bits per heavy atom. The number of hydrogen-bond acceptors (Lipinski definition) is 7. The number of nitrogens with one attached hydrogen (secondary N) is 1. The Morgan fingerprint density at radius 1 is 1.14 bits per heavy atom. The predicted octanol–water partition coefficient (Wildman–Crippen LogP) is 5.14. The number of rotatable bonds is 5. The van der Waals surface area contributed by atoms with Gasteiger partial charge >= 0.3 is 0 Å². The van der Waals surface area contributed by atoms with Gasteiger partial charge in [0, 0.05) is 64.7 Å². The molecule has 5 heterocycles. The number of hydrogen-bond donors (Lipinski definition) is 2.